The van der Waals surface area contributed by atoms with Crippen molar-refractivity contribution in [3.8, 4) is 21.9 Å². The number of fused-ring (bicyclic) bond motifs is 10. The Bertz CT molecular complexity index is 2250. The molecule has 3 aromatic rings. The molecule has 4 nitrogen and oxygen atoms in total. The van der Waals surface area contributed by atoms with E-state index in [0.29, 0.717) is 0 Å². The number of nitrogens with zero attached hydrogens (tertiary/aromatic N) is 4. The minimum atomic E-state index is 0.0315. The van der Waals surface area contributed by atoms with Gasteiger partial charge in [-0.25, -0.2) is 20.2 Å². The Labute approximate surface area is 300 Å². The predicted octanol–water partition coefficient (Wildman–Crippen LogP) is 12.9. The minimum absolute atomic E-state index is 0.0315. The van der Waals surface area contributed by atoms with E-state index >= 15 is 0 Å². The van der Waals surface area contributed by atoms with Gasteiger partial charge in [-0.05, 0) is 115 Å². The molecule has 2 spiro atoms. The first-order chi connectivity index (χ1) is 24.0. The van der Waals surface area contributed by atoms with E-state index in [4.69, 9.17) is 13.1 Å². The molecule has 2 saturated carbocycles. The molecule has 0 aliphatic heterocycles. The van der Waals surface area contributed by atoms with Crippen molar-refractivity contribution >= 4 is 55.1 Å². The second-order valence-electron chi connectivity index (χ2n) is 14.7. The average molecular weight is 693 g/mol. The molecule has 0 aromatic carbocycles. The molecule has 7 heteroatoms. The largest absolute Gasteiger partial charge is 0.265 e. The van der Waals surface area contributed by atoms with Gasteiger partial charge >= 0.3 is 0 Å². The van der Waals surface area contributed by atoms with E-state index in [1.54, 1.807) is 21.4 Å². The summed E-state index contributed by atoms with van der Waals surface area (Å²) in [6, 6.07) is 6.82. The highest BCUT2D eigenvalue weighted by atomic mass is 32.1. The number of thiophene rings is 3. The highest BCUT2D eigenvalue weighted by Crippen LogP contribution is 2.67. The first-order valence-corrected chi connectivity index (χ1v) is 20.4. The van der Waals surface area contributed by atoms with Gasteiger partial charge < -0.3 is 0 Å². The molecule has 0 radical (unpaired) electrons. The van der Waals surface area contributed by atoms with Crippen LogP contribution in [0.5, 0.6) is 0 Å². The fraction of sp³-hybridized carbons (Fsp3) is 0.429. The van der Waals surface area contributed by atoms with Crippen LogP contribution in [-0.4, -0.2) is 0 Å². The van der Waals surface area contributed by atoms with Crippen LogP contribution in [0.1, 0.15) is 129 Å². The Morgan fingerprint density at radius 3 is 1.86 bits per heavy atom. The van der Waals surface area contributed by atoms with Gasteiger partial charge in [0.25, 0.3) is 11.4 Å². The van der Waals surface area contributed by atoms with Gasteiger partial charge in [0.15, 0.2) is 0 Å². The molecule has 6 aliphatic rings. The molecule has 2 fully saturated rings. The van der Waals surface area contributed by atoms with Gasteiger partial charge in [0.1, 0.15) is 0 Å². The van der Waals surface area contributed by atoms with E-state index in [2.05, 4.69) is 68.8 Å². The maximum absolute atomic E-state index is 9.67. The van der Waals surface area contributed by atoms with Crippen LogP contribution in [-0.2, 0) is 10.8 Å². The summed E-state index contributed by atoms with van der Waals surface area (Å²) >= 11 is 6.09. The molecule has 0 saturated heterocycles. The molecular weight excluding hydrogens is 657 g/mol. The van der Waals surface area contributed by atoms with E-state index in [1.807, 2.05) is 11.3 Å². The Hall–Kier alpha value is -3.98. The molecule has 0 N–H and O–H groups in total. The molecule has 6 aliphatic carbocycles. The summed E-state index contributed by atoms with van der Waals surface area (Å²) in [4.78, 5) is 12.9. The fourth-order valence-electron chi connectivity index (χ4n) is 10.2. The van der Waals surface area contributed by atoms with Gasteiger partial charge in [-0.3, -0.25) is 0 Å². The van der Waals surface area contributed by atoms with Crippen LogP contribution in [0, 0.1) is 35.8 Å². The van der Waals surface area contributed by atoms with Crippen LogP contribution >= 0.6 is 34.0 Å². The van der Waals surface area contributed by atoms with E-state index in [0.717, 1.165) is 49.7 Å². The summed E-state index contributed by atoms with van der Waals surface area (Å²) in [6.07, 6.45) is 25.0. The Kier molecular flexibility index (Phi) is 7.49. The smallest absolute Gasteiger partial charge is 0.226 e. The number of hydrogen-bond donors (Lipinski definition) is 0. The SMILES string of the molecule is [C-]#[N+]/C(C#N)=C1\C=C(c2cc3c(s2)-c2sc4c5c(sc4c2C32CCCCC2)C=C(C2=C/C(=C(\C#N)[N+]#[C-])CCC2)C52CCCCC2)CCC1. The second kappa shape index (κ2) is 11.8. The molecule has 0 unspecified atom stereocenters. The van der Waals surface area contributed by atoms with Crippen LogP contribution in [0.4, 0.5) is 0 Å². The fourth-order valence-corrected chi connectivity index (χ4v) is 14.9. The number of allylic oxidation sites excluding steroid dienone is 9. The highest BCUT2D eigenvalue weighted by molar-refractivity contribution is 7.32. The summed E-state index contributed by atoms with van der Waals surface area (Å²) in [6.45, 7) is 15.1. The van der Waals surface area contributed by atoms with Crippen molar-refractivity contribution in [3.63, 3.8) is 0 Å². The average Bonchev–Trinajstić information content (AvgIpc) is 3.93. The zero-order valence-corrected chi connectivity index (χ0v) is 30.1. The molecule has 0 bridgehead atoms. The van der Waals surface area contributed by atoms with Gasteiger partial charge in [0, 0.05) is 31.0 Å². The van der Waals surface area contributed by atoms with Crippen molar-refractivity contribution in [2.24, 2.45) is 0 Å². The third-order valence-electron chi connectivity index (χ3n) is 12.4. The van der Waals surface area contributed by atoms with Gasteiger partial charge in [0.2, 0.25) is 0 Å². The van der Waals surface area contributed by atoms with Gasteiger partial charge in [0.05, 0.1) is 39.6 Å². The lowest BCUT2D eigenvalue weighted by Gasteiger charge is -2.39. The summed E-state index contributed by atoms with van der Waals surface area (Å²) in [5.74, 6) is 0. The summed E-state index contributed by atoms with van der Waals surface area (Å²) in [7, 11) is 0. The molecule has 0 amide bonds. The van der Waals surface area contributed by atoms with Crippen molar-refractivity contribution in [2.45, 2.75) is 114 Å². The van der Waals surface area contributed by atoms with Crippen molar-refractivity contribution in [1.29, 1.82) is 10.5 Å². The number of rotatable bonds is 2. The van der Waals surface area contributed by atoms with Crippen molar-refractivity contribution in [3.05, 3.63) is 101 Å². The van der Waals surface area contributed by atoms with Crippen molar-refractivity contribution < 1.29 is 0 Å². The lowest BCUT2D eigenvalue weighted by molar-refractivity contribution is 0.349. The standard InChI is InChI=1S/C42H36N4S3/c1-45-31(23-43)26-12-9-11-25(19-26)29-21-34-35(41(29)15-5-3-6-16-41)38-40(48-34)36-39(49-38)37-30(42(36)17-7-4-8-18-42)22-33(47-37)28-14-10-13-27(20-28)32(24-44)46-2/h19-22H,3-18H2/b31-26+,32-27-. The third-order valence-corrected chi connectivity index (χ3v) is 16.2. The molecule has 242 valence electrons. The minimum Gasteiger partial charge on any atom is -0.226 e. The van der Waals surface area contributed by atoms with E-state index in [9.17, 15) is 10.5 Å². The molecular formula is C42H36N4S3. The maximum atomic E-state index is 9.67. The Morgan fingerprint density at radius 1 is 0.633 bits per heavy atom. The van der Waals surface area contributed by atoms with Crippen LogP contribution in [0.15, 0.2) is 51.9 Å². The first-order valence-electron chi connectivity index (χ1n) is 18.0. The molecule has 3 heterocycles. The van der Waals surface area contributed by atoms with Crippen LogP contribution in [0.3, 0.4) is 0 Å². The molecule has 0 atom stereocenters. The van der Waals surface area contributed by atoms with E-state index in [1.165, 1.54) is 105 Å². The third kappa shape index (κ3) is 4.46. The first kappa shape index (κ1) is 31.0. The normalized spacial score (nSPS) is 23.7. The zero-order chi connectivity index (χ0) is 33.3. The topological polar surface area (TPSA) is 56.3 Å². The van der Waals surface area contributed by atoms with Gasteiger partial charge in [-0.15, -0.1) is 34.0 Å². The summed E-state index contributed by atoms with van der Waals surface area (Å²) in [5, 5.41) is 19.3. The molecule has 49 heavy (non-hydrogen) atoms. The van der Waals surface area contributed by atoms with Crippen LogP contribution < -0.4 is 0 Å². The van der Waals surface area contributed by atoms with E-state index in [-0.39, 0.29) is 22.2 Å². The Morgan fingerprint density at radius 2 is 1.22 bits per heavy atom. The van der Waals surface area contributed by atoms with Crippen molar-refractivity contribution in [2.75, 3.05) is 0 Å². The monoisotopic (exact) mass is 692 g/mol. The van der Waals surface area contributed by atoms with Crippen LogP contribution in [0.25, 0.3) is 40.5 Å². The Balaban J connectivity index is 1.21. The summed E-state index contributed by atoms with van der Waals surface area (Å²) < 4.78 is 3.08. The highest BCUT2D eigenvalue weighted by Gasteiger charge is 2.51. The van der Waals surface area contributed by atoms with Gasteiger partial charge in [-0.2, -0.15) is 0 Å². The maximum Gasteiger partial charge on any atom is 0.265 e. The molecule has 3 aromatic heterocycles. The quantitative estimate of drug-likeness (QED) is 0.198. The number of nitriles is 2. The van der Waals surface area contributed by atoms with Crippen molar-refractivity contribution in [1.82, 2.24) is 0 Å². The predicted molar refractivity (Wildman–Crippen MR) is 202 cm³/mol. The lowest BCUT2D eigenvalue weighted by Crippen LogP contribution is -2.30. The van der Waals surface area contributed by atoms with Crippen LogP contribution in [0.2, 0.25) is 0 Å². The molecule has 9 rings (SSSR count). The summed E-state index contributed by atoms with van der Waals surface area (Å²) in [5.41, 5.74) is 11.4. The second-order valence-corrected chi connectivity index (χ2v) is 17.9. The lowest BCUT2D eigenvalue weighted by atomic mass is 9.64. The number of hydrogen-bond acceptors (Lipinski definition) is 5. The zero-order valence-electron chi connectivity index (χ0n) is 27.6. The van der Waals surface area contributed by atoms with Gasteiger partial charge in [-0.1, -0.05) is 50.7 Å². The van der Waals surface area contributed by atoms with E-state index < -0.39 is 0 Å².